The number of aliphatic hydroxyl groups is 2. The molecule has 0 saturated carbocycles. The van der Waals surface area contributed by atoms with E-state index >= 15 is 0 Å². The Balaban J connectivity index is 1.90. The molecular weight excluding hydrogens is 272 g/mol. The zero-order chi connectivity index (χ0) is 14.7. The number of ether oxygens (including phenoxy) is 1. The monoisotopic (exact) mass is 286 g/mol. The molecular formula is C10H14N4O6. The number of H-pyrrole nitrogens is 1. The second-order valence-corrected chi connectivity index (χ2v) is 4.40. The van der Waals surface area contributed by atoms with Crippen molar-refractivity contribution in [3.8, 4) is 0 Å². The third-order valence-electron chi connectivity index (χ3n) is 3.02. The molecule has 2 heterocycles. The third kappa shape index (κ3) is 3.10. The van der Waals surface area contributed by atoms with Crippen LogP contribution < -0.4 is 5.32 Å². The van der Waals surface area contributed by atoms with Crippen LogP contribution >= 0.6 is 0 Å². The Morgan fingerprint density at radius 2 is 2.40 bits per heavy atom. The molecule has 1 saturated heterocycles. The van der Waals surface area contributed by atoms with Gasteiger partial charge in [0.1, 0.15) is 5.69 Å². The lowest BCUT2D eigenvalue weighted by Gasteiger charge is -2.32. The molecule has 1 aliphatic rings. The summed E-state index contributed by atoms with van der Waals surface area (Å²) in [6, 6.07) is 0.140. The van der Waals surface area contributed by atoms with Crippen molar-refractivity contribution >= 4 is 5.91 Å². The van der Waals surface area contributed by atoms with Crippen LogP contribution in [0.3, 0.4) is 0 Å². The molecule has 4 N–H and O–H groups in total. The number of carbonyl (C=O) groups excluding carboxylic acids is 1. The number of nitrogens with one attached hydrogen (secondary N) is 2. The van der Waals surface area contributed by atoms with Crippen LogP contribution in [0.5, 0.6) is 0 Å². The lowest BCUT2D eigenvalue weighted by Crippen LogP contribution is -2.53. The van der Waals surface area contributed by atoms with E-state index in [1.807, 2.05) is 0 Å². The first-order valence-electron chi connectivity index (χ1n) is 5.92. The zero-order valence-corrected chi connectivity index (χ0v) is 10.3. The maximum absolute atomic E-state index is 11.6. The summed E-state index contributed by atoms with van der Waals surface area (Å²) in [7, 11) is 0. The van der Waals surface area contributed by atoms with E-state index in [4.69, 9.17) is 4.74 Å². The maximum Gasteiger partial charge on any atom is 0.271 e. The fourth-order valence-electron chi connectivity index (χ4n) is 1.96. The van der Waals surface area contributed by atoms with Gasteiger partial charge >= 0.3 is 0 Å². The van der Waals surface area contributed by atoms with Gasteiger partial charge in [-0.1, -0.05) is 0 Å². The molecule has 0 radical (unpaired) electrons. The lowest BCUT2D eigenvalue weighted by molar-refractivity contribution is -0.550. The number of amides is 1. The summed E-state index contributed by atoms with van der Waals surface area (Å²) in [5.74, 6) is -0.465. The first-order chi connectivity index (χ1) is 9.49. The number of aromatic amines is 1. The molecule has 10 nitrogen and oxygen atoms in total. The highest BCUT2D eigenvalue weighted by Gasteiger charge is 2.43. The predicted molar refractivity (Wildman–Crippen MR) is 63.2 cm³/mol. The van der Waals surface area contributed by atoms with Crippen LogP contribution in [-0.4, -0.2) is 62.3 Å². The molecule has 0 bridgehead atoms. The van der Waals surface area contributed by atoms with Crippen molar-refractivity contribution in [1.82, 2.24) is 15.5 Å². The summed E-state index contributed by atoms with van der Waals surface area (Å²) < 4.78 is 5.00. The molecule has 1 fully saturated rings. The summed E-state index contributed by atoms with van der Waals surface area (Å²) in [5.41, 5.74) is 0.173. The third-order valence-corrected chi connectivity index (χ3v) is 3.02. The Morgan fingerprint density at radius 3 is 3.00 bits per heavy atom. The van der Waals surface area contributed by atoms with E-state index in [0.29, 0.717) is 0 Å². The summed E-state index contributed by atoms with van der Waals surface area (Å²) >= 11 is 0. The predicted octanol–water partition coefficient (Wildman–Crippen LogP) is -1.75. The molecule has 4 atom stereocenters. The van der Waals surface area contributed by atoms with Gasteiger partial charge in [-0.25, -0.2) is 0 Å². The van der Waals surface area contributed by atoms with Gasteiger partial charge in [-0.3, -0.25) is 20.0 Å². The minimum absolute atomic E-state index is 0.0280. The first-order valence-corrected chi connectivity index (χ1v) is 5.92. The normalized spacial score (nSPS) is 29.9. The van der Waals surface area contributed by atoms with Crippen LogP contribution in [-0.2, 0) is 4.74 Å². The van der Waals surface area contributed by atoms with Crippen LogP contribution in [0.2, 0.25) is 0 Å². The molecule has 2 rings (SSSR count). The van der Waals surface area contributed by atoms with Crippen molar-refractivity contribution < 1.29 is 24.7 Å². The van der Waals surface area contributed by atoms with E-state index in [-0.39, 0.29) is 18.7 Å². The summed E-state index contributed by atoms with van der Waals surface area (Å²) in [4.78, 5) is 21.7. The highest BCUT2D eigenvalue weighted by Crippen LogP contribution is 2.20. The van der Waals surface area contributed by atoms with Gasteiger partial charge in [0, 0.05) is 24.1 Å². The number of rotatable bonds is 4. The van der Waals surface area contributed by atoms with Crippen molar-refractivity contribution in [2.45, 2.75) is 31.0 Å². The second-order valence-electron chi connectivity index (χ2n) is 4.40. The molecule has 1 amide bonds. The zero-order valence-electron chi connectivity index (χ0n) is 10.3. The van der Waals surface area contributed by atoms with Gasteiger partial charge in [0.2, 0.25) is 6.04 Å². The summed E-state index contributed by atoms with van der Waals surface area (Å²) in [6.07, 6.45) is -2.61. The van der Waals surface area contributed by atoms with Gasteiger partial charge in [-0.2, -0.15) is 5.10 Å². The maximum atomic E-state index is 11.6. The van der Waals surface area contributed by atoms with E-state index in [9.17, 15) is 25.1 Å². The Labute approximate surface area is 112 Å². The van der Waals surface area contributed by atoms with E-state index in [1.165, 1.54) is 12.3 Å². The molecule has 1 aromatic heterocycles. The smallest absolute Gasteiger partial charge is 0.271 e. The van der Waals surface area contributed by atoms with Crippen molar-refractivity contribution in [2.24, 2.45) is 0 Å². The first kappa shape index (κ1) is 14.4. The number of carbonyl (C=O) groups is 1. The van der Waals surface area contributed by atoms with E-state index in [1.54, 1.807) is 0 Å². The van der Waals surface area contributed by atoms with Crippen LogP contribution in [0.25, 0.3) is 0 Å². The highest BCUT2D eigenvalue weighted by molar-refractivity contribution is 5.92. The molecule has 1 aliphatic heterocycles. The van der Waals surface area contributed by atoms with E-state index in [2.05, 4.69) is 15.5 Å². The lowest BCUT2D eigenvalue weighted by atomic mass is 10.00. The van der Waals surface area contributed by atoms with E-state index in [0.717, 1.165) is 0 Å². The highest BCUT2D eigenvalue weighted by atomic mass is 16.6. The molecule has 0 aromatic carbocycles. The Kier molecular flexibility index (Phi) is 4.27. The van der Waals surface area contributed by atoms with Gasteiger partial charge in [0.05, 0.1) is 6.10 Å². The number of aromatic nitrogens is 2. The van der Waals surface area contributed by atoms with Crippen molar-refractivity contribution in [3.63, 3.8) is 0 Å². The largest absolute Gasteiger partial charge is 0.381 e. The average Bonchev–Trinajstić information content (AvgIpc) is 2.93. The topological polar surface area (TPSA) is 151 Å². The molecule has 10 heteroatoms. The molecule has 0 spiro atoms. The number of nitro groups is 1. The minimum atomic E-state index is -1.65. The van der Waals surface area contributed by atoms with Crippen molar-refractivity contribution in [1.29, 1.82) is 0 Å². The van der Waals surface area contributed by atoms with E-state index < -0.39 is 35.4 Å². The Morgan fingerprint density at radius 1 is 1.65 bits per heavy atom. The minimum Gasteiger partial charge on any atom is -0.381 e. The van der Waals surface area contributed by atoms with Gasteiger partial charge in [0.15, 0.2) is 12.4 Å². The van der Waals surface area contributed by atoms with Crippen LogP contribution in [0.15, 0.2) is 12.3 Å². The summed E-state index contributed by atoms with van der Waals surface area (Å²) in [6.45, 7) is -0.0280. The molecule has 0 aliphatic carbocycles. The van der Waals surface area contributed by atoms with Crippen LogP contribution in [0.4, 0.5) is 0 Å². The van der Waals surface area contributed by atoms with Crippen molar-refractivity contribution in [3.05, 3.63) is 28.1 Å². The number of hydrogen-bond donors (Lipinski definition) is 4. The standard InChI is InChI=1S/C10H14N4O6/c15-8-7(14(18)19)3-5(20-10(8)17)4-11-9(16)6-1-2-12-13-6/h1-2,5,7-8,10,15,17H,3-4H2,(H,11,16)(H,12,13)/t5?,7?,8?,10-/m1/s1. The number of nitrogens with zero attached hydrogens (tertiary/aromatic N) is 2. The fraction of sp³-hybridized carbons (Fsp3) is 0.600. The van der Waals surface area contributed by atoms with Gasteiger partial charge in [-0.05, 0) is 6.07 Å². The molecule has 110 valence electrons. The van der Waals surface area contributed by atoms with Gasteiger partial charge < -0.3 is 20.3 Å². The fourth-order valence-corrected chi connectivity index (χ4v) is 1.96. The number of aliphatic hydroxyl groups excluding tert-OH is 2. The molecule has 20 heavy (non-hydrogen) atoms. The quantitative estimate of drug-likeness (QED) is 0.378. The van der Waals surface area contributed by atoms with Crippen LogP contribution in [0, 0.1) is 10.1 Å². The summed E-state index contributed by atoms with van der Waals surface area (Å²) in [5, 5.41) is 38.2. The Bertz CT molecular complexity index is 478. The SMILES string of the molecule is O=C(NCC1CC([N+](=O)[O-])C(O)[C@H](O)O1)c1cc[nH]n1. The van der Waals surface area contributed by atoms with Gasteiger partial charge in [0.25, 0.3) is 5.91 Å². The Hall–Kier alpha value is -2.04. The average molecular weight is 286 g/mol. The number of hydrogen-bond acceptors (Lipinski definition) is 7. The van der Waals surface area contributed by atoms with Crippen molar-refractivity contribution in [2.75, 3.05) is 6.54 Å². The molecule has 3 unspecified atom stereocenters. The van der Waals surface area contributed by atoms with Gasteiger partial charge in [-0.15, -0.1) is 0 Å². The molecule has 1 aromatic rings. The van der Waals surface area contributed by atoms with Crippen LogP contribution in [0.1, 0.15) is 16.9 Å². The second kappa shape index (κ2) is 5.94.